The minimum absolute atomic E-state index is 0.118. The molecule has 0 unspecified atom stereocenters. The van der Waals surface area contributed by atoms with Crippen LogP contribution in [0.1, 0.15) is 12.5 Å². The molecular formula is C13H14N2O2S. The van der Waals surface area contributed by atoms with Crippen LogP contribution in [0.3, 0.4) is 0 Å². The van der Waals surface area contributed by atoms with Gasteiger partial charge in [0.25, 0.3) is 0 Å². The first-order valence-corrected chi connectivity index (χ1v) is 6.36. The molecule has 0 aliphatic carbocycles. The van der Waals surface area contributed by atoms with Gasteiger partial charge in [0.15, 0.2) is 5.13 Å². The first-order valence-electron chi connectivity index (χ1n) is 5.48. The molecular weight excluding hydrogens is 248 g/mol. The van der Waals surface area contributed by atoms with Gasteiger partial charge in [0.2, 0.25) is 5.91 Å². The first-order chi connectivity index (χ1) is 8.60. The fourth-order valence-corrected chi connectivity index (χ4v) is 2.38. The van der Waals surface area contributed by atoms with Gasteiger partial charge < -0.3 is 10.1 Å². The SMILES string of the molecule is COc1ccc(C)cc1-c1csc(NC(C)=O)n1. The van der Waals surface area contributed by atoms with Crippen molar-refractivity contribution in [3.05, 3.63) is 29.1 Å². The number of hydrogen-bond acceptors (Lipinski definition) is 4. The predicted molar refractivity (Wildman–Crippen MR) is 73.1 cm³/mol. The van der Waals surface area contributed by atoms with Crippen LogP contribution in [0, 0.1) is 6.92 Å². The molecule has 0 radical (unpaired) electrons. The van der Waals surface area contributed by atoms with Crippen molar-refractivity contribution in [1.82, 2.24) is 4.98 Å². The Morgan fingerprint density at radius 3 is 2.89 bits per heavy atom. The fraction of sp³-hybridized carbons (Fsp3) is 0.231. The standard InChI is InChI=1S/C13H14N2O2S/c1-8-4-5-12(17-3)10(6-8)11-7-18-13(15-11)14-9(2)16/h4-7H,1-3H3,(H,14,15,16). The fourth-order valence-electron chi connectivity index (χ4n) is 1.63. The van der Waals surface area contributed by atoms with E-state index in [1.807, 2.05) is 30.5 Å². The van der Waals surface area contributed by atoms with Crippen molar-refractivity contribution < 1.29 is 9.53 Å². The number of thiazole rings is 1. The molecule has 0 saturated heterocycles. The van der Waals surface area contributed by atoms with Gasteiger partial charge in [0.1, 0.15) is 5.75 Å². The van der Waals surface area contributed by atoms with Crippen LogP contribution < -0.4 is 10.1 Å². The average molecular weight is 262 g/mol. The molecule has 0 aliphatic heterocycles. The van der Waals surface area contributed by atoms with E-state index < -0.39 is 0 Å². The average Bonchev–Trinajstić information content (AvgIpc) is 2.76. The summed E-state index contributed by atoms with van der Waals surface area (Å²) in [5, 5.41) is 5.18. The van der Waals surface area contributed by atoms with Crippen molar-refractivity contribution in [3.63, 3.8) is 0 Å². The normalized spacial score (nSPS) is 10.2. The number of aromatic nitrogens is 1. The maximum atomic E-state index is 11.0. The van der Waals surface area contributed by atoms with Gasteiger partial charge in [-0.1, -0.05) is 11.6 Å². The van der Waals surface area contributed by atoms with E-state index in [1.165, 1.54) is 18.3 Å². The minimum Gasteiger partial charge on any atom is -0.496 e. The number of anilines is 1. The molecule has 0 bridgehead atoms. The Bertz CT molecular complexity index is 578. The summed E-state index contributed by atoms with van der Waals surface area (Å²) in [6.07, 6.45) is 0. The van der Waals surface area contributed by atoms with Gasteiger partial charge in [0.05, 0.1) is 12.8 Å². The molecule has 0 spiro atoms. The number of benzene rings is 1. The van der Waals surface area contributed by atoms with E-state index in [9.17, 15) is 4.79 Å². The van der Waals surface area contributed by atoms with Gasteiger partial charge in [-0.2, -0.15) is 0 Å². The van der Waals surface area contributed by atoms with Crippen LogP contribution in [-0.2, 0) is 4.79 Å². The Labute approximate surface area is 110 Å². The quantitative estimate of drug-likeness (QED) is 0.924. The molecule has 0 aliphatic rings. The number of carbonyl (C=O) groups excluding carboxylic acids is 1. The van der Waals surface area contributed by atoms with E-state index >= 15 is 0 Å². The number of rotatable bonds is 3. The number of methoxy groups -OCH3 is 1. The lowest BCUT2D eigenvalue weighted by atomic mass is 10.1. The third kappa shape index (κ3) is 2.68. The Hall–Kier alpha value is -1.88. The number of carbonyl (C=O) groups is 1. The van der Waals surface area contributed by atoms with Gasteiger partial charge in [-0.15, -0.1) is 11.3 Å². The summed E-state index contributed by atoms with van der Waals surface area (Å²) in [6.45, 7) is 3.48. The maximum Gasteiger partial charge on any atom is 0.223 e. The zero-order chi connectivity index (χ0) is 13.1. The molecule has 1 amide bonds. The van der Waals surface area contributed by atoms with Gasteiger partial charge in [-0.3, -0.25) is 4.79 Å². The van der Waals surface area contributed by atoms with Gasteiger partial charge in [-0.05, 0) is 19.1 Å². The molecule has 5 heteroatoms. The molecule has 94 valence electrons. The Kier molecular flexibility index (Phi) is 3.62. The summed E-state index contributed by atoms with van der Waals surface area (Å²) in [5.74, 6) is 0.660. The summed E-state index contributed by atoms with van der Waals surface area (Å²) >= 11 is 1.40. The van der Waals surface area contributed by atoms with E-state index in [-0.39, 0.29) is 5.91 Å². The van der Waals surface area contributed by atoms with Crippen LogP contribution in [0.15, 0.2) is 23.6 Å². The lowest BCUT2D eigenvalue weighted by Gasteiger charge is -2.06. The molecule has 1 N–H and O–H groups in total. The smallest absolute Gasteiger partial charge is 0.223 e. The zero-order valence-electron chi connectivity index (χ0n) is 10.5. The van der Waals surface area contributed by atoms with Crippen LogP contribution in [0.4, 0.5) is 5.13 Å². The van der Waals surface area contributed by atoms with Crippen molar-refractivity contribution in [2.75, 3.05) is 12.4 Å². The van der Waals surface area contributed by atoms with Crippen LogP contribution in [-0.4, -0.2) is 18.0 Å². The second-order valence-electron chi connectivity index (χ2n) is 3.92. The molecule has 18 heavy (non-hydrogen) atoms. The number of nitrogens with zero attached hydrogens (tertiary/aromatic N) is 1. The molecule has 2 rings (SSSR count). The van der Waals surface area contributed by atoms with E-state index in [1.54, 1.807) is 7.11 Å². The highest BCUT2D eigenvalue weighted by Gasteiger charge is 2.10. The summed E-state index contributed by atoms with van der Waals surface area (Å²) in [4.78, 5) is 15.3. The summed E-state index contributed by atoms with van der Waals surface area (Å²) < 4.78 is 5.32. The molecule has 1 aromatic heterocycles. The second-order valence-corrected chi connectivity index (χ2v) is 4.78. The third-order valence-electron chi connectivity index (χ3n) is 2.42. The monoisotopic (exact) mass is 262 g/mol. The molecule has 1 aromatic carbocycles. The highest BCUT2D eigenvalue weighted by molar-refractivity contribution is 7.14. The second kappa shape index (κ2) is 5.18. The van der Waals surface area contributed by atoms with Crippen molar-refractivity contribution in [1.29, 1.82) is 0 Å². The molecule has 0 fully saturated rings. The predicted octanol–water partition coefficient (Wildman–Crippen LogP) is 3.09. The van der Waals surface area contributed by atoms with Crippen LogP contribution >= 0.6 is 11.3 Å². The number of nitrogens with one attached hydrogen (secondary N) is 1. The molecule has 0 atom stereocenters. The Morgan fingerprint density at radius 2 is 2.22 bits per heavy atom. The summed E-state index contributed by atoms with van der Waals surface area (Å²) in [7, 11) is 1.63. The minimum atomic E-state index is -0.118. The Balaban J connectivity index is 2.38. The lowest BCUT2D eigenvalue weighted by Crippen LogP contribution is -2.05. The molecule has 2 aromatic rings. The van der Waals surface area contributed by atoms with Crippen molar-refractivity contribution in [2.24, 2.45) is 0 Å². The van der Waals surface area contributed by atoms with E-state index in [4.69, 9.17) is 4.74 Å². The number of hydrogen-bond donors (Lipinski definition) is 1. The lowest BCUT2D eigenvalue weighted by molar-refractivity contribution is -0.114. The van der Waals surface area contributed by atoms with E-state index in [0.717, 1.165) is 22.6 Å². The molecule has 4 nitrogen and oxygen atoms in total. The Morgan fingerprint density at radius 1 is 1.44 bits per heavy atom. The van der Waals surface area contributed by atoms with Crippen LogP contribution in [0.25, 0.3) is 11.3 Å². The largest absolute Gasteiger partial charge is 0.496 e. The topological polar surface area (TPSA) is 51.2 Å². The van der Waals surface area contributed by atoms with Crippen LogP contribution in [0.5, 0.6) is 5.75 Å². The third-order valence-corrected chi connectivity index (χ3v) is 3.18. The van der Waals surface area contributed by atoms with Crippen molar-refractivity contribution >= 4 is 22.4 Å². The van der Waals surface area contributed by atoms with Crippen molar-refractivity contribution in [2.45, 2.75) is 13.8 Å². The summed E-state index contributed by atoms with van der Waals surface area (Å²) in [5.41, 5.74) is 2.88. The number of amides is 1. The maximum absolute atomic E-state index is 11.0. The van der Waals surface area contributed by atoms with Crippen LogP contribution in [0.2, 0.25) is 0 Å². The highest BCUT2D eigenvalue weighted by atomic mass is 32.1. The molecule has 0 saturated carbocycles. The van der Waals surface area contributed by atoms with Gasteiger partial charge in [0, 0.05) is 17.9 Å². The zero-order valence-corrected chi connectivity index (χ0v) is 11.3. The van der Waals surface area contributed by atoms with Gasteiger partial charge in [-0.25, -0.2) is 4.98 Å². The van der Waals surface area contributed by atoms with E-state index in [0.29, 0.717) is 5.13 Å². The molecule has 1 heterocycles. The van der Waals surface area contributed by atoms with E-state index in [2.05, 4.69) is 10.3 Å². The first kappa shape index (κ1) is 12.6. The van der Waals surface area contributed by atoms with Crippen molar-refractivity contribution in [3.8, 4) is 17.0 Å². The summed E-state index contributed by atoms with van der Waals surface area (Å²) in [6, 6.07) is 5.93. The van der Waals surface area contributed by atoms with Gasteiger partial charge >= 0.3 is 0 Å². The number of ether oxygens (including phenoxy) is 1. The highest BCUT2D eigenvalue weighted by Crippen LogP contribution is 2.32. The number of aryl methyl sites for hydroxylation is 1.